The van der Waals surface area contributed by atoms with Crippen LogP contribution in [0.1, 0.15) is 21.5 Å². The van der Waals surface area contributed by atoms with E-state index < -0.39 is 11.9 Å². The molecule has 0 fully saturated rings. The summed E-state index contributed by atoms with van der Waals surface area (Å²) in [6, 6.07) is 24.8. The van der Waals surface area contributed by atoms with Crippen molar-refractivity contribution in [3.8, 4) is 0 Å². The standard InChI is InChI=1S/C23H22N2O2/c1-17-10-8-9-15-21(17)25(22(26)19-13-6-3-7-14-19)23(27)20(24)16-18-11-4-2-5-12-18/h2-15,20H,16,24H2,1H3/t20-/m0/s1. The molecule has 3 aromatic rings. The summed E-state index contributed by atoms with van der Waals surface area (Å²) in [6.45, 7) is 1.87. The van der Waals surface area contributed by atoms with Crippen molar-refractivity contribution in [1.29, 1.82) is 0 Å². The van der Waals surface area contributed by atoms with E-state index in [0.29, 0.717) is 17.7 Å². The summed E-state index contributed by atoms with van der Waals surface area (Å²) < 4.78 is 0. The minimum absolute atomic E-state index is 0.365. The van der Waals surface area contributed by atoms with Crippen LogP contribution < -0.4 is 10.6 Å². The first-order valence-electron chi connectivity index (χ1n) is 8.86. The third kappa shape index (κ3) is 4.30. The average Bonchev–Trinajstić information content (AvgIpc) is 2.70. The zero-order valence-corrected chi connectivity index (χ0v) is 15.2. The predicted octanol–water partition coefficient (Wildman–Crippen LogP) is 3.74. The Morgan fingerprint density at radius 1 is 0.852 bits per heavy atom. The van der Waals surface area contributed by atoms with Crippen LogP contribution in [0.25, 0.3) is 0 Å². The summed E-state index contributed by atoms with van der Waals surface area (Å²) in [5, 5.41) is 0. The van der Waals surface area contributed by atoms with Gasteiger partial charge in [-0.05, 0) is 42.7 Å². The molecule has 0 bridgehead atoms. The largest absolute Gasteiger partial charge is 0.320 e. The summed E-state index contributed by atoms with van der Waals surface area (Å²) in [4.78, 5) is 27.5. The van der Waals surface area contributed by atoms with Gasteiger partial charge in [0, 0.05) is 5.56 Å². The predicted molar refractivity (Wildman–Crippen MR) is 108 cm³/mol. The van der Waals surface area contributed by atoms with Crippen LogP contribution in [0, 0.1) is 6.92 Å². The van der Waals surface area contributed by atoms with Gasteiger partial charge >= 0.3 is 0 Å². The quantitative estimate of drug-likeness (QED) is 0.756. The lowest BCUT2D eigenvalue weighted by Gasteiger charge is -2.25. The van der Waals surface area contributed by atoms with Crippen LogP contribution >= 0.6 is 0 Å². The zero-order valence-electron chi connectivity index (χ0n) is 15.2. The normalized spacial score (nSPS) is 11.6. The van der Waals surface area contributed by atoms with Gasteiger partial charge in [-0.25, -0.2) is 4.90 Å². The Morgan fingerprint density at radius 3 is 2.04 bits per heavy atom. The van der Waals surface area contributed by atoms with E-state index in [1.807, 2.05) is 61.5 Å². The number of amides is 2. The molecule has 3 rings (SSSR count). The van der Waals surface area contributed by atoms with Crippen molar-refractivity contribution in [2.24, 2.45) is 5.73 Å². The first kappa shape index (κ1) is 18.5. The number of anilines is 1. The first-order chi connectivity index (χ1) is 13.1. The highest BCUT2D eigenvalue weighted by molar-refractivity contribution is 6.22. The fraction of sp³-hybridized carbons (Fsp3) is 0.130. The van der Waals surface area contributed by atoms with Crippen molar-refractivity contribution >= 4 is 17.5 Å². The number of benzene rings is 3. The lowest BCUT2D eigenvalue weighted by atomic mass is 10.0. The highest BCUT2D eigenvalue weighted by atomic mass is 16.2. The summed E-state index contributed by atoms with van der Waals surface area (Å²) in [7, 11) is 0. The second-order valence-electron chi connectivity index (χ2n) is 6.43. The van der Waals surface area contributed by atoms with E-state index in [4.69, 9.17) is 5.73 Å². The lowest BCUT2D eigenvalue weighted by molar-refractivity contribution is -0.119. The van der Waals surface area contributed by atoms with Crippen molar-refractivity contribution < 1.29 is 9.59 Å². The molecule has 136 valence electrons. The van der Waals surface area contributed by atoms with E-state index in [-0.39, 0.29) is 5.91 Å². The van der Waals surface area contributed by atoms with Crippen LogP contribution in [0.15, 0.2) is 84.9 Å². The molecule has 2 N–H and O–H groups in total. The van der Waals surface area contributed by atoms with Crippen molar-refractivity contribution in [3.63, 3.8) is 0 Å². The third-order valence-electron chi connectivity index (χ3n) is 4.42. The van der Waals surface area contributed by atoms with Gasteiger partial charge in [-0.2, -0.15) is 0 Å². The van der Waals surface area contributed by atoms with Crippen LogP contribution in [-0.4, -0.2) is 17.9 Å². The van der Waals surface area contributed by atoms with Crippen molar-refractivity contribution in [2.45, 2.75) is 19.4 Å². The molecular weight excluding hydrogens is 336 g/mol. The highest BCUT2D eigenvalue weighted by Gasteiger charge is 2.29. The SMILES string of the molecule is Cc1ccccc1N(C(=O)c1ccccc1)C(=O)[C@@H](N)Cc1ccccc1. The number of nitrogens with two attached hydrogens (primary N) is 1. The van der Waals surface area contributed by atoms with Crippen LogP contribution in [0.2, 0.25) is 0 Å². The molecule has 4 nitrogen and oxygen atoms in total. The van der Waals surface area contributed by atoms with Crippen molar-refractivity contribution in [2.75, 3.05) is 4.90 Å². The molecule has 2 amide bonds. The molecule has 0 aromatic heterocycles. The smallest absolute Gasteiger partial charge is 0.265 e. The van der Waals surface area contributed by atoms with Gasteiger partial charge in [0.05, 0.1) is 11.7 Å². The van der Waals surface area contributed by atoms with E-state index in [0.717, 1.165) is 11.1 Å². The topological polar surface area (TPSA) is 63.4 Å². The Balaban J connectivity index is 1.95. The second-order valence-corrected chi connectivity index (χ2v) is 6.43. The van der Waals surface area contributed by atoms with E-state index in [1.54, 1.807) is 30.3 Å². The van der Waals surface area contributed by atoms with Gasteiger partial charge in [-0.1, -0.05) is 66.7 Å². The summed E-state index contributed by atoms with van der Waals surface area (Å²) >= 11 is 0. The van der Waals surface area contributed by atoms with E-state index in [1.165, 1.54) is 4.90 Å². The maximum atomic E-state index is 13.2. The second kappa shape index (κ2) is 8.43. The number of hydrogen-bond acceptors (Lipinski definition) is 3. The van der Waals surface area contributed by atoms with Gasteiger partial charge in [-0.15, -0.1) is 0 Å². The van der Waals surface area contributed by atoms with Gasteiger partial charge in [0.2, 0.25) is 0 Å². The molecular formula is C23H22N2O2. The first-order valence-corrected chi connectivity index (χ1v) is 8.86. The molecule has 0 aliphatic rings. The number of para-hydroxylation sites is 1. The molecule has 4 heteroatoms. The Labute approximate surface area is 159 Å². The molecule has 3 aromatic carbocycles. The Bertz CT molecular complexity index is 923. The van der Waals surface area contributed by atoms with E-state index >= 15 is 0 Å². The highest BCUT2D eigenvalue weighted by Crippen LogP contribution is 2.23. The van der Waals surface area contributed by atoms with Gasteiger partial charge in [-0.3, -0.25) is 9.59 Å². The Hall–Kier alpha value is -3.24. The Kier molecular flexibility index (Phi) is 5.79. The average molecular weight is 358 g/mol. The minimum Gasteiger partial charge on any atom is -0.320 e. The number of aryl methyl sites for hydroxylation is 1. The third-order valence-corrected chi connectivity index (χ3v) is 4.42. The maximum Gasteiger partial charge on any atom is 0.265 e. The molecule has 0 aliphatic heterocycles. The van der Waals surface area contributed by atoms with Crippen LogP contribution in [-0.2, 0) is 11.2 Å². The molecule has 0 unspecified atom stereocenters. The fourth-order valence-corrected chi connectivity index (χ4v) is 2.97. The molecule has 0 spiro atoms. The number of imide groups is 1. The van der Waals surface area contributed by atoms with Crippen LogP contribution in [0.3, 0.4) is 0 Å². The lowest BCUT2D eigenvalue weighted by Crippen LogP contribution is -2.48. The monoisotopic (exact) mass is 358 g/mol. The van der Waals surface area contributed by atoms with Gasteiger partial charge < -0.3 is 5.73 Å². The van der Waals surface area contributed by atoms with Crippen LogP contribution in [0.5, 0.6) is 0 Å². The summed E-state index contributed by atoms with van der Waals surface area (Å²) in [5.41, 5.74) is 9.00. The molecule has 0 radical (unpaired) electrons. The number of carbonyl (C=O) groups is 2. The van der Waals surface area contributed by atoms with Crippen molar-refractivity contribution in [1.82, 2.24) is 0 Å². The van der Waals surface area contributed by atoms with Crippen LogP contribution in [0.4, 0.5) is 5.69 Å². The molecule has 1 atom stereocenters. The molecule has 0 heterocycles. The zero-order chi connectivity index (χ0) is 19.2. The summed E-state index contributed by atoms with van der Waals surface area (Å²) in [5.74, 6) is -0.791. The summed E-state index contributed by atoms with van der Waals surface area (Å²) in [6.07, 6.45) is 0.365. The van der Waals surface area contributed by atoms with E-state index in [9.17, 15) is 9.59 Å². The van der Waals surface area contributed by atoms with Gasteiger partial charge in [0.25, 0.3) is 11.8 Å². The number of hydrogen-bond donors (Lipinski definition) is 1. The number of carbonyl (C=O) groups excluding carboxylic acids is 2. The number of rotatable bonds is 5. The van der Waals surface area contributed by atoms with Gasteiger partial charge in [0.1, 0.15) is 0 Å². The fourth-order valence-electron chi connectivity index (χ4n) is 2.97. The Morgan fingerprint density at radius 2 is 1.41 bits per heavy atom. The van der Waals surface area contributed by atoms with E-state index in [2.05, 4.69) is 0 Å². The molecule has 0 saturated carbocycles. The minimum atomic E-state index is -0.820. The number of nitrogens with zero attached hydrogens (tertiary/aromatic N) is 1. The van der Waals surface area contributed by atoms with Crippen molar-refractivity contribution in [3.05, 3.63) is 102 Å². The molecule has 0 saturated heterocycles. The molecule has 27 heavy (non-hydrogen) atoms. The van der Waals surface area contributed by atoms with Gasteiger partial charge in [0.15, 0.2) is 0 Å². The maximum absolute atomic E-state index is 13.2. The molecule has 0 aliphatic carbocycles.